The van der Waals surface area contributed by atoms with E-state index in [1.165, 1.54) is 44.2 Å². The van der Waals surface area contributed by atoms with Crippen LogP contribution in [0.1, 0.15) is 42.6 Å². The average Bonchev–Trinajstić information content (AvgIpc) is 2.58. The minimum Gasteiger partial charge on any atom is -0.381 e. The van der Waals surface area contributed by atoms with E-state index in [2.05, 4.69) is 15.6 Å². The van der Waals surface area contributed by atoms with Crippen molar-refractivity contribution in [1.82, 2.24) is 4.98 Å². The van der Waals surface area contributed by atoms with Crippen molar-refractivity contribution in [1.29, 1.82) is 0 Å². The van der Waals surface area contributed by atoms with E-state index in [4.69, 9.17) is 0 Å². The molecule has 1 fully saturated rings. The van der Waals surface area contributed by atoms with E-state index in [-0.39, 0.29) is 11.4 Å². The Balaban J connectivity index is 1.62. The number of nitrogens with zero attached hydrogens (tertiary/aromatic N) is 1. The van der Waals surface area contributed by atoms with Gasteiger partial charge in [0, 0.05) is 6.04 Å². The summed E-state index contributed by atoms with van der Waals surface area (Å²) in [4.78, 5) is 16.3. The molecule has 0 aliphatic heterocycles. The standard InChI is InChI=1S/C18H20FN3O/c19-15-8-4-5-9-16(15)22-18(23)17-11-10-14(12-20-17)21-13-6-2-1-3-7-13/h4-5,8-13,21H,1-3,6-7H2,(H,22,23). The predicted octanol–water partition coefficient (Wildman–Crippen LogP) is 4.22. The second-order valence-corrected chi connectivity index (χ2v) is 5.85. The molecule has 0 bridgehead atoms. The summed E-state index contributed by atoms with van der Waals surface area (Å²) in [5.74, 6) is -0.879. The second-order valence-electron chi connectivity index (χ2n) is 5.85. The lowest BCUT2D eigenvalue weighted by atomic mass is 9.95. The molecule has 23 heavy (non-hydrogen) atoms. The van der Waals surface area contributed by atoms with E-state index in [0.29, 0.717) is 6.04 Å². The van der Waals surface area contributed by atoms with Crippen LogP contribution in [0.15, 0.2) is 42.6 Å². The summed E-state index contributed by atoms with van der Waals surface area (Å²) in [5.41, 5.74) is 1.34. The minimum atomic E-state index is -0.462. The molecule has 5 heteroatoms. The van der Waals surface area contributed by atoms with Gasteiger partial charge in [0.25, 0.3) is 5.91 Å². The smallest absolute Gasteiger partial charge is 0.274 e. The van der Waals surface area contributed by atoms with Crippen molar-refractivity contribution >= 4 is 17.3 Å². The van der Waals surface area contributed by atoms with Crippen molar-refractivity contribution in [3.05, 3.63) is 54.1 Å². The molecular weight excluding hydrogens is 293 g/mol. The number of para-hydroxylation sites is 1. The van der Waals surface area contributed by atoms with Crippen LogP contribution in [0.25, 0.3) is 0 Å². The van der Waals surface area contributed by atoms with Crippen LogP contribution < -0.4 is 10.6 Å². The Morgan fingerprint density at radius 3 is 2.57 bits per heavy atom. The summed E-state index contributed by atoms with van der Waals surface area (Å²) in [5, 5.41) is 5.98. The predicted molar refractivity (Wildman–Crippen MR) is 89.1 cm³/mol. The Labute approximate surface area is 135 Å². The Kier molecular flexibility index (Phi) is 4.86. The van der Waals surface area contributed by atoms with Crippen molar-refractivity contribution in [2.45, 2.75) is 38.1 Å². The van der Waals surface area contributed by atoms with E-state index < -0.39 is 11.7 Å². The molecule has 0 saturated heterocycles. The SMILES string of the molecule is O=C(Nc1ccccc1F)c1ccc(NC2CCCCC2)cn1. The maximum absolute atomic E-state index is 13.5. The molecule has 0 radical (unpaired) electrons. The molecule has 1 heterocycles. The third-order valence-electron chi connectivity index (χ3n) is 4.09. The number of benzene rings is 1. The number of pyridine rings is 1. The van der Waals surface area contributed by atoms with Crippen LogP contribution in [0.3, 0.4) is 0 Å². The van der Waals surface area contributed by atoms with Crippen molar-refractivity contribution in [3.63, 3.8) is 0 Å². The molecule has 2 N–H and O–H groups in total. The largest absolute Gasteiger partial charge is 0.381 e. The normalized spacial score (nSPS) is 15.2. The first kappa shape index (κ1) is 15.5. The van der Waals surface area contributed by atoms with Crippen LogP contribution >= 0.6 is 0 Å². The summed E-state index contributed by atoms with van der Waals surface area (Å²) in [6.45, 7) is 0. The molecule has 1 aromatic carbocycles. The Morgan fingerprint density at radius 1 is 1.09 bits per heavy atom. The van der Waals surface area contributed by atoms with Gasteiger partial charge in [-0.15, -0.1) is 0 Å². The highest BCUT2D eigenvalue weighted by Gasteiger charge is 2.14. The molecule has 120 valence electrons. The van der Waals surface area contributed by atoms with Crippen LogP contribution in [-0.2, 0) is 0 Å². The number of halogens is 1. The highest BCUT2D eigenvalue weighted by Crippen LogP contribution is 2.21. The van der Waals surface area contributed by atoms with Crippen molar-refractivity contribution < 1.29 is 9.18 Å². The molecule has 1 saturated carbocycles. The van der Waals surface area contributed by atoms with Crippen molar-refractivity contribution in [2.24, 2.45) is 0 Å². The van der Waals surface area contributed by atoms with Crippen molar-refractivity contribution in [2.75, 3.05) is 10.6 Å². The van der Waals surface area contributed by atoms with Crippen LogP contribution in [0.2, 0.25) is 0 Å². The lowest BCUT2D eigenvalue weighted by molar-refractivity contribution is 0.102. The highest BCUT2D eigenvalue weighted by atomic mass is 19.1. The van der Waals surface area contributed by atoms with E-state index in [9.17, 15) is 9.18 Å². The Bertz CT molecular complexity index is 666. The molecule has 3 rings (SSSR count). The lowest BCUT2D eigenvalue weighted by Gasteiger charge is -2.23. The number of carbonyl (C=O) groups is 1. The number of nitrogens with one attached hydrogen (secondary N) is 2. The zero-order valence-electron chi connectivity index (χ0n) is 12.9. The summed E-state index contributed by atoms with van der Waals surface area (Å²) < 4.78 is 13.5. The van der Waals surface area contributed by atoms with Crippen LogP contribution in [0.5, 0.6) is 0 Å². The maximum Gasteiger partial charge on any atom is 0.274 e. The number of carbonyl (C=O) groups excluding carboxylic acids is 1. The molecule has 1 aliphatic carbocycles. The number of aromatic nitrogens is 1. The number of anilines is 2. The van der Waals surface area contributed by atoms with Gasteiger partial charge in [-0.3, -0.25) is 4.79 Å². The molecule has 1 aromatic heterocycles. The van der Waals surface area contributed by atoms with Gasteiger partial charge in [0.05, 0.1) is 17.6 Å². The first-order chi connectivity index (χ1) is 11.2. The number of hydrogen-bond acceptors (Lipinski definition) is 3. The summed E-state index contributed by atoms with van der Waals surface area (Å²) in [6.07, 6.45) is 7.84. The van der Waals surface area contributed by atoms with Gasteiger partial charge < -0.3 is 10.6 Å². The topological polar surface area (TPSA) is 54.0 Å². The fraction of sp³-hybridized carbons (Fsp3) is 0.333. The zero-order chi connectivity index (χ0) is 16.1. The zero-order valence-corrected chi connectivity index (χ0v) is 12.9. The van der Waals surface area contributed by atoms with Gasteiger partial charge in [-0.1, -0.05) is 31.4 Å². The molecule has 4 nitrogen and oxygen atoms in total. The first-order valence-electron chi connectivity index (χ1n) is 8.01. The Morgan fingerprint density at radius 2 is 1.87 bits per heavy atom. The molecule has 0 unspecified atom stereocenters. The van der Waals surface area contributed by atoms with Gasteiger partial charge in [0.1, 0.15) is 11.5 Å². The number of amides is 1. The van der Waals surface area contributed by atoms with Crippen LogP contribution in [0, 0.1) is 5.82 Å². The third kappa shape index (κ3) is 4.06. The monoisotopic (exact) mass is 313 g/mol. The van der Waals surface area contributed by atoms with Gasteiger partial charge in [-0.25, -0.2) is 9.37 Å². The van der Waals surface area contributed by atoms with Crippen LogP contribution in [0.4, 0.5) is 15.8 Å². The van der Waals surface area contributed by atoms with Crippen LogP contribution in [-0.4, -0.2) is 16.9 Å². The van der Waals surface area contributed by atoms with Gasteiger partial charge in [-0.05, 0) is 37.1 Å². The molecule has 1 amide bonds. The lowest BCUT2D eigenvalue weighted by Crippen LogP contribution is -2.22. The second kappa shape index (κ2) is 7.22. The average molecular weight is 313 g/mol. The number of hydrogen-bond donors (Lipinski definition) is 2. The maximum atomic E-state index is 13.5. The molecule has 0 spiro atoms. The molecule has 0 atom stereocenters. The van der Waals surface area contributed by atoms with E-state index in [1.54, 1.807) is 24.4 Å². The quantitative estimate of drug-likeness (QED) is 0.888. The fourth-order valence-corrected chi connectivity index (χ4v) is 2.85. The third-order valence-corrected chi connectivity index (χ3v) is 4.09. The summed E-state index contributed by atoms with van der Waals surface area (Å²) in [7, 11) is 0. The van der Waals surface area contributed by atoms with Gasteiger partial charge in [0.15, 0.2) is 0 Å². The van der Waals surface area contributed by atoms with Gasteiger partial charge in [0.2, 0.25) is 0 Å². The fourth-order valence-electron chi connectivity index (χ4n) is 2.85. The summed E-state index contributed by atoms with van der Waals surface area (Å²) >= 11 is 0. The minimum absolute atomic E-state index is 0.156. The van der Waals surface area contributed by atoms with E-state index in [0.717, 1.165) is 5.69 Å². The molecule has 1 aliphatic rings. The molecule has 2 aromatic rings. The van der Waals surface area contributed by atoms with Crippen molar-refractivity contribution in [3.8, 4) is 0 Å². The van der Waals surface area contributed by atoms with Gasteiger partial charge >= 0.3 is 0 Å². The van der Waals surface area contributed by atoms with E-state index in [1.807, 2.05) is 6.07 Å². The first-order valence-corrected chi connectivity index (χ1v) is 8.01. The summed E-state index contributed by atoms with van der Waals surface area (Å²) in [6, 6.07) is 10.1. The highest BCUT2D eigenvalue weighted by molar-refractivity contribution is 6.03. The van der Waals surface area contributed by atoms with E-state index >= 15 is 0 Å². The number of rotatable bonds is 4. The van der Waals surface area contributed by atoms with Gasteiger partial charge in [-0.2, -0.15) is 0 Å². The molecular formula is C18H20FN3O. The Hall–Kier alpha value is -2.43.